The van der Waals surface area contributed by atoms with Gasteiger partial charge in [0, 0.05) is 18.1 Å². The summed E-state index contributed by atoms with van der Waals surface area (Å²) in [7, 11) is 0. The molecule has 0 radical (unpaired) electrons. The van der Waals surface area contributed by atoms with Crippen molar-refractivity contribution in [1.29, 1.82) is 0 Å². The van der Waals surface area contributed by atoms with Crippen LogP contribution in [0.15, 0.2) is 0 Å². The van der Waals surface area contributed by atoms with E-state index in [4.69, 9.17) is 0 Å². The molecule has 2 heterocycles. The Balaban J connectivity index is 1.71. The molecule has 1 heteroatoms. The first-order valence-electron chi connectivity index (χ1n) is 8.64. The molecule has 0 aromatic heterocycles. The van der Waals surface area contributed by atoms with Crippen LogP contribution in [0.3, 0.4) is 0 Å². The Morgan fingerprint density at radius 3 is 2.06 bits per heavy atom. The van der Waals surface area contributed by atoms with Crippen molar-refractivity contribution >= 4 is 0 Å². The molecule has 0 aromatic rings. The molecule has 0 N–H and O–H groups in total. The fourth-order valence-electron chi connectivity index (χ4n) is 4.31. The van der Waals surface area contributed by atoms with Crippen molar-refractivity contribution in [3.8, 4) is 0 Å². The number of hydrogen-bond acceptors (Lipinski definition) is 1. The van der Waals surface area contributed by atoms with Gasteiger partial charge in [0.15, 0.2) is 0 Å². The maximum absolute atomic E-state index is 2.95. The van der Waals surface area contributed by atoms with Gasteiger partial charge in [-0.1, -0.05) is 52.4 Å². The maximum atomic E-state index is 2.95. The van der Waals surface area contributed by atoms with Crippen LogP contribution in [0.1, 0.15) is 90.9 Å². The highest BCUT2D eigenvalue weighted by atomic mass is 15.3. The fourth-order valence-corrected chi connectivity index (χ4v) is 4.31. The minimum absolute atomic E-state index is 0.947. The third-order valence-corrected chi connectivity index (χ3v) is 5.19. The lowest BCUT2D eigenvalue weighted by molar-refractivity contribution is 0.163. The largest absolute Gasteiger partial charge is 0.294 e. The van der Waals surface area contributed by atoms with E-state index in [9.17, 15) is 0 Å². The van der Waals surface area contributed by atoms with Crippen LogP contribution in [0.2, 0.25) is 0 Å². The second-order valence-electron chi connectivity index (χ2n) is 6.55. The zero-order chi connectivity index (χ0) is 12.8. The maximum Gasteiger partial charge on any atom is 0.0102 e. The molecule has 1 nitrogen and oxygen atoms in total. The highest BCUT2D eigenvalue weighted by Crippen LogP contribution is 2.39. The second-order valence-corrected chi connectivity index (χ2v) is 6.55. The number of unbranched alkanes of at least 4 members (excludes halogenated alkanes) is 4. The molecule has 0 amide bonds. The van der Waals surface area contributed by atoms with Crippen LogP contribution in [0.5, 0.6) is 0 Å². The van der Waals surface area contributed by atoms with E-state index in [1.807, 2.05) is 0 Å². The third-order valence-electron chi connectivity index (χ3n) is 5.19. The van der Waals surface area contributed by atoms with Crippen LogP contribution in [0, 0.1) is 0 Å². The number of hydrogen-bond donors (Lipinski definition) is 0. The van der Waals surface area contributed by atoms with Crippen molar-refractivity contribution in [3.05, 3.63) is 0 Å². The summed E-state index contributed by atoms with van der Waals surface area (Å²) >= 11 is 0. The van der Waals surface area contributed by atoms with Gasteiger partial charge >= 0.3 is 0 Å². The van der Waals surface area contributed by atoms with E-state index < -0.39 is 0 Å². The Bertz CT molecular complexity index is 224. The Morgan fingerprint density at radius 2 is 1.39 bits per heavy atom. The van der Waals surface area contributed by atoms with Crippen LogP contribution >= 0.6 is 0 Å². The first-order chi connectivity index (χ1) is 8.86. The number of rotatable bonds is 8. The Hall–Kier alpha value is -0.0400. The van der Waals surface area contributed by atoms with Crippen molar-refractivity contribution in [3.63, 3.8) is 0 Å². The highest BCUT2D eigenvalue weighted by molar-refractivity contribution is 4.96. The van der Waals surface area contributed by atoms with Crippen molar-refractivity contribution < 1.29 is 0 Å². The molecule has 2 aliphatic heterocycles. The summed E-state index contributed by atoms with van der Waals surface area (Å²) in [6, 6.07) is 2.88. The van der Waals surface area contributed by atoms with Gasteiger partial charge in [0.1, 0.15) is 0 Å². The van der Waals surface area contributed by atoms with Gasteiger partial charge in [0.05, 0.1) is 0 Å². The van der Waals surface area contributed by atoms with Crippen molar-refractivity contribution in [2.75, 3.05) is 0 Å². The van der Waals surface area contributed by atoms with Gasteiger partial charge in [0.2, 0.25) is 0 Å². The molecule has 0 bridgehead atoms. The second kappa shape index (κ2) is 7.53. The molecule has 0 spiro atoms. The van der Waals surface area contributed by atoms with Crippen molar-refractivity contribution in [1.82, 2.24) is 4.90 Å². The lowest BCUT2D eigenvalue weighted by Gasteiger charge is -2.30. The number of nitrogens with zero attached hydrogens (tertiary/aromatic N) is 1. The topological polar surface area (TPSA) is 3.24 Å². The number of fused-ring (bicyclic) bond motifs is 1. The van der Waals surface area contributed by atoms with Gasteiger partial charge in [-0.3, -0.25) is 4.90 Å². The van der Waals surface area contributed by atoms with Gasteiger partial charge in [-0.15, -0.1) is 0 Å². The molecule has 0 aromatic carbocycles. The van der Waals surface area contributed by atoms with Crippen LogP contribution in [-0.4, -0.2) is 23.0 Å². The van der Waals surface area contributed by atoms with E-state index in [0.717, 1.165) is 18.1 Å². The predicted molar refractivity (Wildman–Crippen MR) is 80.0 cm³/mol. The molecule has 0 unspecified atom stereocenters. The van der Waals surface area contributed by atoms with Gasteiger partial charge < -0.3 is 0 Å². The Labute approximate surface area is 114 Å². The minimum atomic E-state index is 0.947. The van der Waals surface area contributed by atoms with E-state index in [1.54, 1.807) is 0 Å². The van der Waals surface area contributed by atoms with Crippen LogP contribution < -0.4 is 0 Å². The zero-order valence-electron chi connectivity index (χ0n) is 12.7. The summed E-state index contributed by atoms with van der Waals surface area (Å²) < 4.78 is 0. The Kier molecular flexibility index (Phi) is 6.01. The molecule has 0 aliphatic carbocycles. The molecule has 2 aliphatic rings. The predicted octanol–water partition coefficient (Wildman–Crippen LogP) is 5.14. The van der Waals surface area contributed by atoms with E-state index >= 15 is 0 Å². The van der Waals surface area contributed by atoms with Crippen LogP contribution in [-0.2, 0) is 0 Å². The molecule has 18 heavy (non-hydrogen) atoms. The molecular weight excluding hydrogens is 218 g/mol. The molecular formula is C17H33N. The molecule has 106 valence electrons. The first-order valence-corrected chi connectivity index (χ1v) is 8.64. The molecule has 3 atom stereocenters. The molecule has 2 fully saturated rings. The summed E-state index contributed by atoms with van der Waals surface area (Å²) in [4.78, 5) is 2.95. The average molecular weight is 251 g/mol. The summed E-state index contributed by atoms with van der Waals surface area (Å²) in [5, 5.41) is 0. The molecule has 2 saturated heterocycles. The fraction of sp³-hybridized carbons (Fsp3) is 1.00. The smallest absolute Gasteiger partial charge is 0.0102 e. The summed E-state index contributed by atoms with van der Waals surface area (Å²) in [6.45, 7) is 4.66. The van der Waals surface area contributed by atoms with E-state index in [2.05, 4.69) is 18.7 Å². The molecule has 0 saturated carbocycles. The quantitative estimate of drug-likeness (QED) is 0.540. The Morgan fingerprint density at radius 1 is 0.722 bits per heavy atom. The summed E-state index contributed by atoms with van der Waals surface area (Å²) in [5.41, 5.74) is 0. The standard InChI is InChI=1S/C17H33N/c1-3-5-6-7-8-10-16-12-14-17-13-11-15(9-4-2)18(16)17/h15-17H,3-14H2,1-2H3/t15-,16-,17-/m0/s1. The third kappa shape index (κ3) is 3.50. The molecule has 2 rings (SSSR count). The normalized spacial score (nSPS) is 32.0. The summed E-state index contributed by atoms with van der Waals surface area (Å²) in [5.74, 6) is 0. The van der Waals surface area contributed by atoms with E-state index in [-0.39, 0.29) is 0 Å². The lowest BCUT2D eigenvalue weighted by atomic mass is 10.0. The lowest BCUT2D eigenvalue weighted by Crippen LogP contribution is -2.38. The van der Waals surface area contributed by atoms with Gasteiger partial charge in [-0.25, -0.2) is 0 Å². The van der Waals surface area contributed by atoms with Crippen molar-refractivity contribution in [2.45, 2.75) is 109 Å². The SMILES string of the molecule is CCCCCCC[C@H]1CC[C@@H]2CC[C@H](CCC)N21. The van der Waals surface area contributed by atoms with E-state index in [0.29, 0.717) is 0 Å². The highest BCUT2D eigenvalue weighted by Gasteiger charge is 2.41. The monoisotopic (exact) mass is 251 g/mol. The van der Waals surface area contributed by atoms with E-state index in [1.165, 1.54) is 77.0 Å². The van der Waals surface area contributed by atoms with Crippen LogP contribution in [0.25, 0.3) is 0 Å². The first kappa shape index (κ1) is 14.4. The van der Waals surface area contributed by atoms with Gasteiger partial charge in [-0.05, 0) is 38.5 Å². The van der Waals surface area contributed by atoms with Crippen molar-refractivity contribution in [2.24, 2.45) is 0 Å². The van der Waals surface area contributed by atoms with Gasteiger partial charge in [-0.2, -0.15) is 0 Å². The van der Waals surface area contributed by atoms with Gasteiger partial charge in [0.25, 0.3) is 0 Å². The summed E-state index contributed by atoms with van der Waals surface area (Å²) in [6.07, 6.45) is 17.5. The minimum Gasteiger partial charge on any atom is -0.294 e. The zero-order valence-corrected chi connectivity index (χ0v) is 12.7. The van der Waals surface area contributed by atoms with Crippen LogP contribution in [0.4, 0.5) is 0 Å². The average Bonchev–Trinajstić information content (AvgIpc) is 2.94.